The van der Waals surface area contributed by atoms with Gasteiger partial charge in [0.25, 0.3) is 0 Å². The standard InChI is InChI=1S/C18H20O2/c1-2-17-11-18(12-19,13-20-17)10-14-7-8-15-5-3-4-6-16(15)9-14/h2-9,17,19H,1,10-13H2/t17-,18+/m1/s1. The highest BCUT2D eigenvalue weighted by Gasteiger charge is 2.38. The van der Waals surface area contributed by atoms with Gasteiger partial charge in [-0.05, 0) is 29.2 Å². The van der Waals surface area contributed by atoms with E-state index in [2.05, 4.69) is 49.0 Å². The second-order valence-electron chi connectivity index (χ2n) is 5.81. The molecule has 1 aliphatic rings. The summed E-state index contributed by atoms with van der Waals surface area (Å²) in [7, 11) is 0. The lowest BCUT2D eigenvalue weighted by Gasteiger charge is -2.25. The van der Waals surface area contributed by atoms with E-state index in [0.29, 0.717) is 6.61 Å². The van der Waals surface area contributed by atoms with Crippen LogP contribution < -0.4 is 0 Å². The van der Waals surface area contributed by atoms with Crippen molar-refractivity contribution in [3.8, 4) is 0 Å². The van der Waals surface area contributed by atoms with Crippen LogP contribution in [0.2, 0.25) is 0 Å². The van der Waals surface area contributed by atoms with E-state index in [1.807, 2.05) is 6.08 Å². The van der Waals surface area contributed by atoms with E-state index in [4.69, 9.17) is 4.74 Å². The zero-order valence-corrected chi connectivity index (χ0v) is 11.6. The molecule has 3 rings (SSSR count). The van der Waals surface area contributed by atoms with Crippen LogP contribution >= 0.6 is 0 Å². The van der Waals surface area contributed by atoms with Crippen molar-refractivity contribution in [2.45, 2.75) is 18.9 Å². The number of benzene rings is 2. The SMILES string of the molecule is C=C[C@@H]1C[C@](CO)(Cc2ccc3ccccc3c2)CO1. The molecule has 2 nitrogen and oxygen atoms in total. The summed E-state index contributed by atoms with van der Waals surface area (Å²) in [4.78, 5) is 0. The van der Waals surface area contributed by atoms with Crippen LogP contribution in [-0.2, 0) is 11.2 Å². The minimum Gasteiger partial charge on any atom is -0.396 e. The van der Waals surface area contributed by atoms with Gasteiger partial charge in [-0.2, -0.15) is 0 Å². The Labute approximate surface area is 119 Å². The van der Waals surface area contributed by atoms with Gasteiger partial charge in [0.15, 0.2) is 0 Å². The minimum absolute atomic E-state index is 0.0719. The van der Waals surface area contributed by atoms with Crippen molar-refractivity contribution in [2.24, 2.45) is 5.41 Å². The van der Waals surface area contributed by atoms with Crippen LogP contribution in [0.15, 0.2) is 55.1 Å². The number of aliphatic hydroxyl groups excluding tert-OH is 1. The Morgan fingerprint density at radius 3 is 2.75 bits per heavy atom. The summed E-state index contributed by atoms with van der Waals surface area (Å²) >= 11 is 0. The molecule has 0 amide bonds. The van der Waals surface area contributed by atoms with Crippen LogP contribution in [0, 0.1) is 5.41 Å². The highest BCUT2D eigenvalue weighted by molar-refractivity contribution is 5.83. The molecule has 0 aliphatic carbocycles. The second kappa shape index (κ2) is 5.39. The number of hydrogen-bond donors (Lipinski definition) is 1. The summed E-state index contributed by atoms with van der Waals surface area (Å²) in [6.45, 7) is 4.54. The molecular weight excluding hydrogens is 248 g/mol. The van der Waals surface area contributed by atoms with Crippen LogP contribution in [0.5, 0.6) is 0 Å². The van der Waals surface area contributed by atoms with E-state index in [0.717, 1.165) is 12.8 Å². The highest BCUT2D eigenvalue weighted by Crippen LogP contribution is 2.36. The van der Waals surface area contributed by atoms with Gasteiger partial charge in [0.1, 0.15) is 0 Å². The molecule has 20 heavy (non-hydrogen) atoms. The minimum atomic E-state index is -0.165. The van der Waals surface area contributed by atoms with Crippen LogP contribution in [0.1, 0.15) is 12.0 Å². The fourth-order valence-corrected chi connectivity index (χ4v) is 3.05. The van der Waals surface area contributed by atoms with Gasteiger partial charge >= 0.3 is 0 Å². The van der Waals surface area contributed by atoms with Crippen molar-refractivity contribution < 1.29 is 9.84 Å². The molecule has 0 saturated carbocycles. The maximum atomic E-state index is 9.79. The first-order valence-corrected chi connectivity index (χ1v) is 7.07. The molecule has 0 spiro atoms. The lowest BCUT2D eigenvalue weighted by molar-refractivity contribution is 0.0835. The lowest BCUT2D eigenvalue weighted by Crippen LogP contribution is -2.28. The highest BCUT2D eigenvalue weighted by atomic mass is 16.5. The summed E-state index contributed by atoms with van der Waals surface area (Å²) in [5.74, 6) is 0. The molecule has 1 N–H and O–H groups in total. The summed E-state index contributed by atoms with van der Waals surface area (Å²) in [5.41, 5.74) is 1.09. The molecule has 0 unspecified atom stereocenters. The predicted molar refractivity (Wildman–Crippen MR) is 81.7 cm³/mol. The van der Waals surface area contributed by atoms with Gasteiger partial charge in [0.2, 0.25) is 0 Å². The average Bonchev–Trinajstić information content (AvgIpc) is 2.91. The normalized spacial score (nSPS) is 25.9. The second-order valence-corrected chi connectivity index (χ2v) is 5.81. The molecule has 0 radical (unpaired) electrons. The lowest BCUT2D eigenvalue weighted by atomic mass is 9.80. The Morgan fingerprint density at radius 1 is 1.25 bits per heavy atom. The van der Waals surface area contributed by atoms with Crippen LogP contribution in [0.25, 0.3) is 10.8 Å². The maximum Gasteiger partial charge on any atom is 0.0760 e. The van der Waals surface area contributed by atoms with Gasteiger partial charge in [-0.3, -0.25) is 0 Å². The first kappa shape index (κ1) is 13.3. The number of aliphatic hydroxyl groups is 1. The van der Waals surface area contributed by atoms with Crippen molar-refractivity contribution in [1.82, 2.24) is 0 Å². The van der Waals surface area contributed by atoms with E-state index in [9.17, 15) is 5.11 Å². The maximum absolute atomic E-state index is 9.79. The van der Waals surface area contributed by atoms with E-state index in [1.165, 1.54) is 16.3 Å². The monoisotopic (exact) mass is 268 g/mol. The molecule has 1 aliphatic heterocycles. The van der Waals surface area contributed by atoms with Gasteiger partial charge < -0.3 is 9.84 Å². The quantitative estimate of drug-likeness (QED) is 0.862. The van der Waals surface area contributed by atoms with Crippen molar-refractivity contribution in [2.75, 3.05) is 13.2 Å². The van der Waals surface area contributed by atoms with E-state index < -0.39 is 0 Å². The fourth-order valence-electron chi connectivity index (χ4n) is 3.05. The summed E-state index contributed by atoms with van der Waals surface area (Å²) in [6, 6.07) is 14.9. The molecule has 1 heterocycles. The molecule has 2 aromatic rings. The Kier molecular flexibility index (Phi) is 3.60. The van der Waals surface area contributed by atoms with Crippen LogP contribution in [-0.4, -0.2) is 24.4 Å². The number of ether oxygens (including phenoxy) is 1. The van der Waals surface area contributed by atoms with Gasteiger partial charge in [-0.15, -0.1) is 6.58 Å². The van der Waals surface area contributed by atoms with Gasteiger partial charge in [-0.25, -0.2) is 0 Å². The van der Waals surface area contributed by atoms with Crippen molar-refractivity contribution in [3.63, 3.8) is 0 Å². The molecular formula is C18H20O2. The zero-order chi connectivity index (χ0) is 14.0. The third-order valence-electron chi connectivity index (χ3n) is 4.23. The van der Waals surface area contributed by atoms with Gasteiger partial charge in [-0.1, -0.05) is 48.5 Å². The fraction of sp³-hybridized carbons (Fsp3) is 0.333. The van der Waals surface area contributed by atoms with Crippen molar-refractivity contribution >= 4 is 10.8 Å². The average molecular weight is 268 g/mol. The van der Waals surface area contributed by atoms with Crippen LogP contribution in [0.4, 0.5) is 0 Å². The van der Waals surface area contributed by atoms with Crippen LogP contribution in [0.3, 0.4) is 0 Å². The third kappa shape index (κ3) is 2.49. The Balaban J connectivity index is 1.86. The summed E-state index contributed by atoms with van der Waals surface area (Å²) < 4.78 is 5.69. The molecule has 1 fully saturated rings. The predicted octanol–water partition coefficient (Wildman–Crippen LogP) is 3.34. The molecule has 104 valence electrons. The van der Waals surface area contributed by atoms with Gasteiger partial charge in [0, 0.05) is 5.41 Å². The van der Waals surface area contributed by atoms with Crippen molar-refractivity contribution in [1.29, 1.82) is 0 Å². The Bertz CT molecular complexity index is 620. The largest absolute Gasteiger partial charge is 0.396 e. The summed E-state index contributed by atoms with van der Waals surface area (Å²) in [6.07, 6.45) is 3.60. The third-order valence-corrected chi connectivity index (χ3v) is 4.23. The first-order chi connectivity index (χ1) is 9.74. The topological polar surface area (TPSA) is 29.5 Å². The number of rotatable bonds is 4. The molecule has 2 aromatic carbocycles. The zero-order valence-electron chi connectivity index (χ0n) is 11.6. The Hall–Kier alpha value is -1.64. The molecule has 0 bridgehead atoms. The number of fused-ring (bicyclic) bond motifs is 1. The molecule has 1 saturated heterocycles. The van der Waals surface area contributed by atoms with E-state index in [1.54, 1.807) is 0 Å². The van der Waals surface area contributed by atoms with Crippen molar-refractivity contribution in [3.05, 3.63) is 60.7 Å². The molecule has 0 aromatic heterocycles. The van der Waals surface area contributed by atoms with E-state index in [-0.39, 0.29) is 18.1 Å². The first-order valence-electron chi connectivity index (χ1n) is 7.07. The molecule has 2 atom stereocenters. The number of hydrogen-bond acceptors (Lipinski definition) is 2. The van der Waals surface area contributed by atoms with Gasteiger partial charge in [0.05, 0.1) is 19.3 Å². The van der Waals surface area contributed by atoms with E-state index >= 15 is 0 Å². The molecule has 2 heteroatoms. The smallest absolute Gasteiger partial charge is 0.0760 e. The summed E-state index contributed by atoms with van der Waals surface area (Å²) in [5, 5.41) is 12.3. The Morgan fingerprint density at radius 2 is 2.05 bits per heavy atom.